The molecule has 0 aliphatic rings. The molecule has 0 fully saturated rings. The second-order valence-electron chi connectivity index (χ2n) is 5.15. The maximum absolute atomic E-state index is 13.0. The molecule has 0 heterocycles. The number of carbonyl (C=O) groups excluding carboxylic acids is 1. The highest BCUT2D eigenvalue weighted by molar-refractivity contribution is 5.75. The average molecular weight is 306 g/mol. The lowest BCUT2D eigenvalue weighted by molar-refractivity contribution is -0.152. The first-order chi connectivity index (χ1) is 9.61. The number of hydrogen-bond acceptors (Lipinski definition) is 4. The monoisotopic (exact) mass is 306 g/mol. The molecule has 0 aliphatic carbocycles. The highest BCUT2D eigenvalue weighted by Crippen LogP contribution is 2.37. The van der Waals surface area contributed by atoms with Crippen molar-refractivity contribution >= 4 is 5.97 Å². The van der Waals surface area contributed by atoms with Crippen LogP contribution in [0.4, 0.5) is 13.2 Å². The van der Waals surface area contributed by atoms with Gasteiger partial charge in [0.1, 0.15) is 12.4 Å². The molecule has 0 unspecified atom stereocenters. The summed E-state index contributed by atoms with van der Waals surface area (Å²) in [5.74, 6) is -0.972. The molecule has 0 aliphatic heterocycles. The number of aliphatic hydroxyl groups excluding tert-OH is 1. The van der Waals surface area contributed by atoms with Gasteiger partial charge < -0.3 is 14.6 Å². The standard InChI is InChI=1S/C14H17F3O4/c1-13(2,12(19)20-3)8-21-11-5-4-9(7-18)6-10(11)14(15,16)17/h4-6,18H,7-8H2,1-3H3. The Kier molecular flexibility index (Phi) is 5.22. The second-order valence-corrected chi connectivity index (χ2v) is 5.15. The zero-order chi connectivity index (χ0) is 16.3. The van der Waals surface area contributed by atoms with Crippen molar-refractivity contribution in [2.45, 2.75) is 26.6 Å². The van der Waals surface area contributed by atoms with E-state index in [1.54, 1.807) is 0 Å². The van der Waals surface area contributed by atoms with Crippen LogP contribution in [0.3, 0.4) is 0 Å². The fourth-order valence-electron chi connectivity index (χ4n) is 1.62. The van der Waals surface area contributed by atoms with E-state index in [2.05, 4.69) is 4.74 Å². The molecule has 4 nitrogen and oxygen atoms in total. The Hall–Kier alpha value is -1.76. The van der Waals surface area contributed by atoms with Crippen LogP contribution in [-0.2, 0) is 22.3 Å². The highest BCUT2D eigenvalue weighted by Gasteiger charge is 2.36. The third-order valence-corrected chi connectivity index (χ3v) is 2.86. The van der Waals surface area contributed by atoms with Crippen LogP contribution in [0.15, 0.2) is 18.2 Å². The van der Waals surface area contributed by atoms with E-state index in [9.17, 15) is 18.0 Å². The van der Waals surface area contributed by atoms with Crippen molar-refractivity contribution in [2.24, 2.45) is 5.41 Å². The molecule has 1 rings (SSSR count). The lowest BCUT2D eigenvalue weighted by Crippen LogP contribution is -2.32. The summed E-state index contributed by atoms with van der Waals surface area (Å²) < 4.78 is 48.6. The van der Waals surface area contributed by atoms with Crippen molar-refractivity contribution in [1.82, 2.24) is 0 Å². The average Bonchev–Trinajstić information content (AvgIpc) is 2.43. The SMILES string of the molecule is COC(=O)C(C)(C)COc1ccc(CO)cc1C(F)(F)F. The Morgan fingerprint density at radius 2 is 1.90 bits per heavy atom. The summed E-state index contributed by atoms with van der Waals surface area (Å²) in [6, 6.07) is 3.28. The Labute approximate surface area is 120 Å². The third-order valence-electron chi connectivity index (χ3n) is 2.86. The molecule has 7 heteroatoms. The Bertz CT molecular complexity index is 509. The van der Waals surface area contributed by atoms with E-state index in [0.717, 1.165) is 12.1 Å². The Morgan fingerprint density at radius 3 is 2.38 bits per heavy atom. The summed E-state index contributed by atoms with van der Waals surface area (Å²) in [5.41, 5.74) is -1.94. The summed E-state index contributed by atoms with van der Waals surface area (Å²) in [6.45, 7) is 2.25. The normalized spacial score (nSPS) is 12.1. The molecular weight excluding hydrogens is 289 g/mol. The lowest BCUT2D eigenvalue weighted by atomic mass is 9.95. The topological polar surface area (TPSA) is 55.8 Å². The quantitative estimate of drug-likeness (QED) is 0.850. The molecule has 118 valence electrons. The number of halogens is 3. The van der Waals surface area contributed by atoms with Gasteiger partial charge in [-0.25, -0.2) is 0 Å². The fourth-order valence-corrected chi connectivity index (χ4v) is 1.62. The molecule has 1 N–H and O–H groups in total. The number of benzene rings is 1. The number of aliphatic hydroxyl groups is 1. The van der Waals surface area contributed by atoms with E-state index in [4.69, 9.17) is 9.84 Å². The molecule has 21 heavy (non-hydrogen) atoms. The smallest absolute Gasteiger partial charge is 0.419 e. The van der Waals surface area contributed by atoms with Crippen molar-refractivity contribution in [3.63, 3.8) is 0 Å². The van der Waals surface area contributed by atoms with Crippen molar-refractivity contribution in [1.29, 1.82) is 0 Å². The molecule has 0 saturated carbocycles. The molecular formula is C14H17F3O4. The summed E-state index contributed by atoms with van der Waals surface area (Å²) in [6.07, 6.45) is -4.62. The van der Waals surface area contributed by atoms with Gasteiger partial charge in [0.05, 0.1) is 24.7 Å². The Morgan fingerprint density at radius 1 is 1.29 bits per heavy atom. The molecule has 0 atom stereocenters. The number of carbonyl (C=O) groups is 1. The van der Waals surface area contributed by atoms with Crippen molar-refractivity contribution in [3.05, 3.63) is 29.3 Å². The highest BCUT2D eigenvalue weighted by atomic mass is 19.4. The van der Waals surface area contributed by atoms with Gasteiger partial charge in [-0.1, -0.05) is 6.07 Å². The van der Waals surface area contributed by atoms with E-state index in [1.807, 2.05) is 0 Å². The summed E-state index contributed by atoms with van der Waals surface area (Å²) in [7, 11) is 1.20. The van der Waals surface area contributed by atoms with Crippen LogP contribution in [0.2, 0.25) is 0 Å². The van der Waals surface area contributed by atoms with Crippen LogP contribution in [0.25, 0.3) is 0 Å². The lowest BCUT2D eigenvalue weighted by Gasteiger charge is -2.23. The predicted molar refractivity (Wildman–Crippen MR) is 68.7 cm³/mol. The molecule has 0 bridgehead atoms. The van der Waals surface area contributed by atoms with Crippen LogP contribution in [0.1, 0.15) is 25.0 Å². The fraction of sp³-hybridized carbons (Fsp3) is 0.500. The van der Waals surface area contributed by atoms with Gasteiger partial charge in [0.15, 0.2) is 0 Å². The largest absolute Gasteiger partial charge is 0.492 e. The van der Waals surface area contributed by atoms with Gasteiger partial charge in [-0.3, -0.25) is 4.79 Å². The van der Waals surface area contributed by atoms with Crippen molar-refractivity contribution in [3.8, 4) is 5.75 Å². The van der Waals surface area contributed by atoms with E-state index >= 15 is 0 Å². The summed E-state index contributed by atoms with van der Waals surface area (Å²) >= 11 is 0. The molecule has 0 saturated heterocycles. The van der Waals surface area contributed by atoms with Gasteiger partial charge in [-0.05, 0) is 31.5 Å². The second kappa shape index (κ2) is 6.34. The first kappa shape index (κ1) is 17.3. The minimum Gasteiger partial charge on any atom is -0.492 e. The number of alkyl halides is 3. The molecule has 0 aromatic heterocycles. The molecule has 0 radical (unpaired) electrons. The summed E-state index contributed by atoms with van der Waals surface area (Å²) in [5, 5.41) is 8.91. The summed E-state index contributed by atoms with van der Waals surface area (Å²) in [4.78, 5) is 11.5. The number of esters is 1. The molecule has 0 spiro atoms. The van der Waals surface area contributed by atoms with Crippen molar-refractivity contribution < 1.29 is 32.5 Å². The first-order valence-electron chi connectivity index (χ1n) is 6.14. The number of hydrogen-bond donors (Lipinski definition) is 1. The van der Waals surface area contributed by atoms with E-state index in [1.165, 1.54) is 27.0 Å². The van der Waals surface area contributed by atoms with Crippen LogP contribution in [-0.4, -0.2) is 24.8 Å². The zero-order valence-electron chi connectivity index (χ0n) is 12.0. The van der Waals surface area contributed by atoms with Crippen LogP contribution in [0, 0.1) is 5.41 Å². The third kappa shape index (κ3) is 4.35. The number of rotatable bonds is 5. The van der Waals surface area contributed by atoms with E-state index < -0.39 is 35.5 Å². The first-order valence-corrected chi connectivity index (χ1v) is 6.14. The zero-order valence-corrected chi connectivity index (χ0v) is 12.0. The maximum Gasteiger partial charge on any atom is 0.419 e. The molecule has 0 amide bonds. The van der Waals surface area contributed by atoms with Gasteiger partial charge in [-0.2, -0.15) is 13.2 Å². The molecule has 1 aromatic rings. The minimum absolute atomic E-state index is 0.127. The number of methoxy groups -OCH3 is 1. The van der Waals surface area contributed by atoms with E-state index in [0.29, 0.717) is 0 Å². The van der Waals surface area contributed by atoms with Crippen LogP contribution in [0.5, 0.6) is 5.75 Å². The van der Waals surface area contributed by atoms with Crippen molar-refractivity contribution in [2.75, 3.05) is 13.7 Å². The minimum atomic E-state index is -4.62. The number of ether oxygens (including phenoxy) is 2. The van der Waals surface area contributed by atoms with Crippen LogP contribution < -0.4 is 4.74 Å². The maximum atomic E-state index is 13.0. The van der Waals surface area contributed by atoms with Gasteiger partial charge in [0.2, 0.25) is 0 Å². The molecule has 1 aromatic carbocycles. The predicted octanol–water partition coefficient (Wildman–Crippen LogP) is 2.78. The van der Waals surface area contributed by atoms with Gasteiger partial charge in [-0.15, -0.1) is 0 Å². The van der Waals surface area contributed by atoms with E-state index in [-0.39, 0.29) is 12.2 Å². The van der Waals surface area contributed by atoms with Gasteiger partial charge in [0.25, 0.3) is 0 Å². The van der Waals surface area contributed by atoms with Gasteiger partial charge >= 0.3 is 12.1 Å². The Balaban J connectivity index is 3.01. The van der Waals surface area contributed by atoms with Gasteiger partial charge in [0, 0.05) is 0 Å². The van der Waals surface area contributed by atoms with Crippen LogP contribution >= 0.6 is 0 Å².